The molecule has 0 aliphatic carbocycles. The van der Waals surface area contributed by atoms with E-state index in [1.54, 1.807) is 4.90 Å². The number of likely N-dealkylation sites (N-methyl/N-ethyl adjacent to an activating group) is 1. The van der Waals surface area contributed by atoms with Crippen LogP contribution in [0.2, 0.25) is 0 Å². The molecule has 2 amide bonds. The Kier molecular flexibility index (Phi) is 6.32. The molecule has 3 rings (SSSR count). The van der Waals surface area contributed by atoms with Gasteiger partial charge in [0.05, 0.1) is 12.1 Å². The second-order valence-corrected chi connectivity index (χ2v) is 6.56. The van der Waals surface area contributed by atoms with Crippen LogP contribution in [0, 0.1) is 0 Å². The van der Waals surface area contributed by atoms with Crippen LogP contribution in [-0.4, -0.2) is 41.5 Å². The Labute approximate surface area is 164 Å². The minimum absolute atomic E-state index is 0.0862. The quantitative estimate of drug-likeness (QED) is 0.737. The van der Waals surface area contributed by atoms with Crippen LogP contribution in [0.5, 0.6) is 11.5 Å². The van der Waals surface area contributed by atoms with E-state index in [-0.39, 0.29) is 18.0 Å². The molecule has 0 bridgehead atoms. The van der Waals surface area contributed by atoms with Crippen LogP contribution >= 0.6 is 0 Å². The fourth-order valence-corrected chi connectivity index (χ4v) is 3.07. The monoisotopic (exact) mass is 380 g/mol. The lowest BCUT2D eigenvalue weighted by molar-refractivity contribution is -0.127. The highest BCUT2D eigenvalue weighted by atomic mass is 16.5. The maximum Gasteiger partial charge on any atom is 0.286 e. The van der Waals surface area contributed by atoms with Crippen LogP contribution in [-0.2, 0) is 16.0 Å². The zero-order chi connectivity index (χ0) is 19.9. The summed E-state index contributed by atoms with van der Waals surface area (Å²) in [5, 5.41) is 12.2. The van der Waals surface area contributed by atoms with Crippen molar-refractivity contribution in [2.24, 2.45) is 0 Å². The van der Waals surface area contributed by atoms with Crippen LogP contribution in [0.25, 0.3) is 0 Å². The third-order valence-corrected chi connectivity index (χ3v) is 4.65. The Balaban J connectivity index is 1.51. The van der Waals surface area contributed by atoms with E-state index in [4.69, 9.17) is 4.74 Å². The van der Waals surface area contributed by atoms with Gasteiger partial charge in [-0.05, 0) is 49.6 Å². The van der Waals surface area contributed by atoms with Crippen LogP contribution in [0.4, 0.5) is 0 Å². The molecule has 0 atom stereocenters. The summed E-state index contributed by atoms with van der Waals surface area (Å²) in [6, 6.07) is 17.5. The highest BCUT2D eigenvalue weighted by Crippen LogP contribution is 2.21. The number of carbonyl (C=O) groups is 2. The van der Waals surface area contributed by atoms with E-state index < -0.39 is 11.7 Å². The van der Waals surface area contributed by atoms with Gasteiger partial charge in [0.15, 0.2) is 5.76 Å². The molecule has 0 radical (unpaired) electrons. The summed E-state index contributed by atoms with van der Waals surface area (Å²) >= 11 is 0. The van der Waals surface area contributed by atoms with Crippen molar-refractivity contribution in [2.75, 3.05) is 19.6 Å². The van der Waals surface area contributed by atoms with Crippen LogP contribution < -0.4 is 10.1 Å². The first-order chi connectivity index (χ1) is 13.6. The average Bonchev–Trinajstić information content (AvgIpc) is 3.05. The average molecular weight is 380 g/mol. The molecule has 1 aliphatic heterocycles. The molecule has 6 heteroatoms. The van der Waals surface area contributed by atoms with Crippen molar-refractivity contribution in [1.82, 2.24) is 10.2 Å². The van der Waals surface area contributed by atoms with Gasteiger partial charge in [0.2, 0.25) is 0 Å². The van der Waals surface area contributed by atoms with Crippen LogP contribution in [0.15, 0.2) is 65.9 Å². The third-order valence-electron chi connectivity index (χ3n) is 4.65. The normalized spacial score (nSPS) is 13.4. The number of ether oxygens (including phenoxy) is 1. The number of hydrogen-bond acceptors (Lipinski definition) is 4. The molecule has 0 fully saturated rings. The predicted octanol–water partition coefficient (Wildman–Crippen LogP) is 3.20. The Morgan fingerprint density at radius 3 is 2.39 bits per heavy atom. The molecule has 2 N–H and O–H groups in total. The maximum absolute atomic E-state index is 12.5. The van der Waals surface area contributed by atoms with Crippen LogP contribution in [0.1, 0.15) is 18.9 Å². The summed E-state index contributed by atoms with van der Waals surface area (Å²) < 4.78 is 5.79. The molecular weight excluding hydrogens is 356 g/mol. The smallest absolute Gasteiger partial charge is 0.286 e. The Hall–Kier alpha value is -3.28. The van der Waals surface area contributed by atoms with Crippen molar-refractivity contribution >= 4 is 11.8 Å². The lowest BCUT2D eigenvalue weighted by Crippen LogP contribution is -2.34. The number of aliphatic hydroxyl groups excluding tert-OH is 1. The SMILES string of the molecule is CCN(CCCc1ccc(Oc2ccccc2)cc1)C(=O)C1=C(O)C(=O)NC1. The number of para-hydroxylation sites is 1. The van der Waals surface area contributed by atoms with E-state index in [2.05, 4.69) is 5.32 Å². The number of nitrogens with zero attached hydrogens (tertiary/aromatic N) is 1. The fourth-order valence-electron chi connectivity index (χ4n) is 3.07. The lowest BCUT2D eigenvalue weighted by Gasteiger charge is -2.21. The van der Waals surface area contributed by atoms with Gasteiger partial charge in [-0.15, -0.1) is 0 Å². The first-order valence-corrected chi connectivity index (χ1v) is 9.40. The second kappa shape index (κ2) is 9.08. The largest absolute Gasteiger partial charge is 0.503 e. The number of hydrogen-bond donors (Lipinski definition) is 2. The number of amides is 2. The van der Waals surface area contributed by atoms with Crippen molar-refractivity contribution < 1.29 is 19.4 Å². The van der Waals surface area contributed by atoms with Gasteiger partial charge in [-0.2, -0.15) is 0 Å². The Bertz CT molecular complexity index is 860. The minimum atomic E-state index is -0.586. The summed E-state index contributed by atoms with van der Waals surface area (Å²) in [5.41, 5.74) is 1.30. The zero-order valence-corrected chi connectivity index (χ0v) is 15.9. The van der Waals surface area contributed by atoms with Crippen molar-refractivity contribution in [3.8, 4) is 11.5 Å². The number of benzene rings is 2. The standard InChI is InChI=1S/C22H24N2O4/c1-2-24(22(27)19-15-23-21(26)20(19)25)14-6-7-16-10-12-18(13-11-16)28-17-8-4-3-5-9-17/h3-5,8-13,25H,2,6-7,14-15H2,1H3,(H,23,26). The summed E-state index contributed by atoms with van der Waals surface area (Å²) in [6.45, 7) is 3.05. The van der Waals surface area contributed by atoms with Crippen LogP contribution in [0.3, 0.4) is 0 Å². The summed E-state index contributed by atoms with van der Waals surface area (Å²) in [5.74, 6) is 0.241. The minimum Gasteiger partial charge on any atom is -0.503 e. The number of nitrogens with one attached hydrogen (secondary N) is 1. The molecule has 2 aromatic rings. The van der Waals surface area contributed by atoms with Crippen molar-refractivity contribution in [2.45, 2.75) is 19.8 Å². The fraction of sp³-hybridized carbons (Fsp3) is 0.273. The van der Waals surface area contributed by atoms with E-state index >= 15 is 0 Å². The molecular formula is C22H24N2O4. The number of rotatable bonds is 8. The Morgan fingerprint density at radius 1 is 1.11 bits per heavy atom. The summed E-state index contributed by atoms with van der Waals surface area (Å²) in [6.07, 6.45) is 1.60. The molecule has 1 aliphatic rings. The molecule has 0 saturated heterocycles. The highest BCUT2D eigenvalue weighted by Gasteiger charge is 2.29. The molecule has 0 aromatic heterocycles. The van der Waals surface area contributed by atoms with E-state index in [0.717, 1.165) is 29.9 Å². The van der Waals surface area contributed by atoms with Gasteiger partial charge in [-0.25, -0.2) is 0 Å². The molecule has 2 aromatic carbocycles. The van der Waals surface area contributed by atoms with Gasteiger partial charge in [-0.3, -0.25) is 9.59 Å². The van der Waals surface area contributed by atoms with Gasteiger partial charge >= 0.3 is 0 Å². The predicted molar refractivity (Wildman–Crippen MR) is 106 cm³/mol. The maximum atomic E-state index is 12.5. The summed E-state index contributed by atoms with van der Waals surface area (Å²) in [4.78, 5) is 25.5. The molecule has 6 nitrogen and oxygen atoms in total. The Morgan fingerprint density at radius 2 is 1.79 bits per heavy atom. The topological polar surface area (TPSA) is 78.9 Å². The van der Waals surface area contributed by atoms with E-state index in [1.165, 1.54) is 0 Å². The van der Waals surface area contributed by atoms with E-state index in [9.17, 15) is 14.7 Å². The van der Waals surface area contributed by atoms with E-state index in [1.807, 2.05) is 61.5 Å². The van der Waals surface area contributed by atoms with Gasteiger partial charge in [0.25, 0.3) is 11.8 Å². The van der Waals surface area contributed by atoms with Gasteiger partial charge in [0, 0.05) is 13.1 Å². The zero-order valence-electron chi connectivity index (χ0n) is 15.9. The molecule has 0 saturated carbocycles. The number of aliphatic hydroxyl groups is 1. The third kappa shape index (κ3) is 4.71. The van der Waals surface area contributed by atoms with Gasteiger partial charge < -0.3 is 20.1 Å². The van der Waals surface area contributed by atoms with Gasteiger partial charge in [0.1, 0.15) is 11.5 Å². The van der Waals surface area contributed by atoms with Gasteiger partial charge in [-0.1, -0.05) is 30.3 Å². The second-order valence-electron chi connectivity index (χ2n) is 6.56. The molecule has 1 heterocycles. The van der Waals surface area contributed by atoms with Crippen molar-refractivity contribution in [1.29, 1.82) is 0 Å². The number of carbonyl (C=O) groups excluding carboxylic acids is 2. The molecule has 0 spiro atoms. The first-order valence-electron chi connectivity index (χ1n) is 9.40. The highest BCUT2D eigenvalue weighted by molar-refractivity contribution is 6.06. The van der Waals surface area contributed by atoms with Crippen molar-refractivity contribution in [3.63, 3.8) is 0 Å². The first kappa shape index (κ1) is 19.5. The molecule has 28 heavy (non-hydrogen) atoms. The van der Waals surface area contributed by atoms with E-state index in [0.29, 0.717) is 13.1 Å². The lowest BCUT2D eigenvalue weighted by atomic mass is 10.1. The summed E-state index contributed by atoms with van der Waals surface area (Å²) in [7, 11) is 0. The molecule has 146 valence electrons. The van der Waals surface area contributed by atoms with Crippen molar-refractivity contribution in [3.05, 3.63) is 71.5 Å². The number of aryl methyl sites for hydroxylation is 1. The molecule has 0 unspecified atom stereocenters.